The van der Waals surface area contributed by atoms with E-state index in [-0.39, 0.29) is 18.0 Å². The van der Waals surface area contributed by atoms with Crippen LogP contribution in [0.4, 0.5) is 0 Å². The minimum absolute atomic E-state index is 0.0116. The highest BCUT2D eigenvalue weighted by Crippen LogP contribution is 2.25. The number of thiophene rings is 1. The van der Waals surface area contributed by atoms with Crippen LogP contribution < -0.4 is 10.6 Å². The highest BCUT2D eigenvalue weighted by molar-refractivity contribution is 7.10. The molecule has 1 amide bonds. The number of amides is 1. The second kappa shape index (κ2) is 8.06. The number of morpholine rings is 1. The van der Waals surface area contributed by atoms with E-state index in [2.05, 4.69) is 33.0 Å². The molecule has 1 unspecified atom stereocenters. The molecule has 2 fully saturated rings. The van der Waals surface area contributed by atoms with Crippen molar-refractivity contribution >= 4 is 17.2 Å². The first-order valence-electron chi connectivity index (χ1n) is 8.21. The van der Waals surface area contributed by atoms with Gasteiger partial charge in [0.15, 0.2) is 0 Å². The largest absolute Gasteiger partial charge is 0.379 e. The first-order chi connectivity index (χ1) is 10.8. The summed E-state index contributed by atoms with van der Waals surface area (Å²) in [6.07, 6.45) is 3.27. The molecule has 3 heterocycles. The molecule has 0 radical (unpaired) electrons. The van der Waals surface area contributed by atoms with E-state index in [1.54, 1.807) is 11.3 Å². The van der Waals surface area contributed by atoms with Gasteiger partial charge in [0, 0.05) is 24.5 Å². The zero-order valence-corrected chi connectivity index (χ0v) is 13.7. The predicted octanol–water partition coefficient (Wildman–Crippen LogP) is 1.38. The van der Waals surface area contributed by atoms with E-state index < -0.39 is 0 Å². The maximum absolute atomic E-state index is 12.3. The average Bonchev–Trinajstić information content (AvgIpc) is 3.11. The number of carbonyl (C=O) groups excluding carboxylic acids is 1. The Kier molecular flexibility index (Phi) is 5.83. The van der Waals surface area contributed by atoms with Crippen LogP contribution in [-0.2, 0) is 9.53 Å². The lowest BCUT2D eigenvalue weighted by molar-refractivity contribution is -0.124. The molecule has 2 N–H and O–H groups in total. The van der Waals surface area contributed by atoms with Crippen molar-refractivity contribution in [2.45, 2.75) is 31.3 Å². The molecule has 2 atom stereocenters. The maximum atomic E-state index is 12.3. The summed E-state index contributed by atoms with van der Waals surface area (Å²) in [5, 5.41) is 8.58. The molecule has 1 aromatic heterocycles. The fourth-order valence-electron chi connectivity index (χ4n) is 3.18. The molecule has 2 aliphatic rings. The predicted molar refractivity (Wildman–Crippen MR) is 88.1 cm³/mol. The van der Waals surface area contributed by atoms with Crippen molar-refractivity contribution < 1.29 is 9.53 Å². The van der Waals surface area contributed by atoms with Gasteiger partial charge in [0.05, 0.1) is 25.3 Å². The van der Waals surface area contributed by atoms with Gasteiger partial charge in [-0.15, -0.1) is 11.3 Å². The molecule has 2 aliphatic heterocycles. The Balaban J connectivity index is 1.58. The Bertz CT molecular complexity index is 454. The second-order valence-corrected chi connectivity index (χ2v) is 6.91. The van der Waals surface area contributed by atoms with Gasteiger partial charge in [-0.2, -0.15) is 0 Å². The van der Waals surface area contributed by atoms with Crippen LogP contribution in [0.1, 0.15) is 30.2 Å². The lowest BCUT2D eigenvalue weighted by Gasteiger charge is -2.34. The Hall–Kier alpha value is -0.950. The number of ether oxygens (including phenoxy) is 1. The third-order valence-electron chi connectivity index (χ3n) is 4.45. The fraction of sp³-hybridized carbons (Fsp3) is 0.688. The summed E-state index contributed by atoms with van der Waals surface area (Å²) >= 11 is 1.76. The Morgan fingerprint density at radius 2 is 2.32 bits per heavy atom. The topological polar surface area (TPSA) is 53.6 Å². The molecule has 22 heavy (non-hydrogen) atoms. The van der Waals surface area contributed by atoms with E-state index in [1.807, 2.05) is 0 Å². The minimum Gasteiger partial charge on any atom is -0.379 e. The van der Waals surface area contributed by atoms with Crippen LogP contribution in [0.25, 0.3) is 0 Å². The molecule has 2 saturated heterocycles. The molecule has 0 bridgehead atoms. The smallest absolute Gasteiger partial charge is 0.237 e. The van der Waals surface area contributed by atoms with Gasteiger partial charge in [0.2, 0.25) is 5.91 Å². The van der Waals surface area contributed by atoms with Crippen molar-refractivity contribution in [2.24, 2.45) is 0 Å². The van der Waals surface area contributed by atoms with Gasteiger partial charge in [0.1, 0.15) is 0 Å². The van der Waals surface area contributed by atoms with E-state index in [9.17, 15) is 4.79 Å². The summed E-state index contributed by atoms with van der Waals surface area (Å²) in [5.41, 5.74) is 0. The lowest BCUT2D eigenvalue weighted by atomic mass is 10.0. The SMILES string of the molecule is O=C(NCC(c1cccs1)N1CCOCC1)[C@@H]1CCCCN1. The maximum Gasteiger partial charge on any atom is 0.237 e. The minimum atomic E-state index is -0.0116. The monoisotopic (exact) mass is 323 g/mol. The first-order valence-corrected chi connectivity index (χ1v) is 9.09. The van der Waals surface area contributed by atoms with Gasteiger partial charge >= 0.3 is 0 Å². The summed E-state index contributed by atoms with van der Waals surface area (Å²) < 4.78 is 5.45. The molecule has 3 rings (SSSR count). The van der Waals surface area contributed by atoms with Crippen molar-refractivity contribution in [2.75, 3.05) is 39.4 Å². The van der Waals surface area contributed by atoms with Crippen LogP contribution in [0.2, 0.25) is 0 Å². The molecule has 1 aromatic rings. The number of carbonyl (C=O) groups is 1. The number of hydrogen-bond donors (Lipinski definition) is 2. The molecular formula is C16H25N3O2S. The van der Waals surface area contributed by atoms with E-state index in [0.717, 1.165) is 45.7 Å². The van der Waals surface area contributed by atoms with Gasteiger partial charge in [-0.1, -0.05) is 12.5 Å². The Labute approximate surface area is 136 Å². The average molecular weight is 323 g/mol. The number of nitrogens with zero attached hydrogens (tertiary/aromatic N) is 1. The fourth-order valence-corrected chi connectivity index (χ4v) is 4.04. The van der Waals surface area contributed by atoms with Crippen LogP contribution in [-0.4, -0.2) is 56.2 Å². The summed E-state index contributed by atoms with van der Waals surface area (Å²) in [5.74, 6) is 0.148. The highest BCUT2D eigenvalue weighted by Gasteiger charge is 2.26. The first kappa shape index (κ1) is 15.9. The van der Waals surface area contributed by atoms with E-state index in [4.69, 9.17) is 4.74 Å². The highest BCUT2D eigenvalue weighted by atomic mass is 32.1. The van der Waals surface area contributed by atoms with Crippen LogP contribution in [0.15, 0.2) is 17.5 Å². The number of nitrogens with one attached hydrogen (secondary N) is 2. The van der Waals surface area contributed by atoms with Crippen molar-refractivity contribution in [3.05, 3.63) is 22.4 Å². The standard InChI is InChI=1S/C16H25N3O2S/c20-16(13-4-1-2-6-17-13)18-12-14(15-5-3-11-22-15)19-7-9-21-10-8-19/h3,5,11,13-14,17H,1-2,4,6-10,12H2,(H,18,20)/t13-,14?/m0/s1. The van der Waals surface area contributed by atoms with Crippen molar-refractivity contribution in [1.29, 1.82) is 0 Å². The summed E-state index contributed by atoms with van der Waals surface area (Å²) in [6, 6.07) is 4.49. The summed E-state index contributed by atoms with van der Waals surface area (Å²) in [4.78, 5) is 16.1. The van der Waals surface area contributed by atoms with Crippen LogP contribution in [0.3, 0.4) is 0 Å². The molecule has 6 heteroatoms. The third-order valence-corrected chi connectivity index (χ3v) is 5.43. The number of rotatable bonds is 5. The quantitative estimate of drug-likeness (QED) is 0.860. The Morgan fingerprint density at radius 3 is 3.00 bits per heavy atom. The van der Waals surface area contributed by atoms with Crippen molar-refractivity contribution in [3.63, 3.8) is 0 Å². The number of hydrogen-bond acceptors (Lipinski definition) is 5. The number of piperidine rings is 1. The van der Waals surface area contributed by atoms with Gasteiger partial charge in [-0.25, -0.2) is 0 Å². The van der Waals surface area contributed by atoms with Gasteiger partial charge in [-0.3, -0.25) is 9.69 Å². The third kappa shape index (κ3) is 4.07. The van der Waals surface area contributed by atoms with Crippen molar-refractivity contribution in [1.82, 2.24) is 15.5 Å². The summed E-state index contributed by atoms with van der Waals surface area (Å²) in [6.45, 7) is 5.05. The molecule has 0 aliphatic carbocycles. The zero-order chi connectivity index (χ0) is 15.2. The van der Waals surface area contributed by atoms with Gasteiger partial charge in [0.25, 0.3) is 0 Å². The summed E-state index contributed by atoms with van der Waals surface area (Å²) in [7, 11) is 0. The van der Waals surface area contributed by atoms with E-state index in [0.29, 0.717) is 6.54 Å². The Morgan fingerprint density at radius 1 is 1.45 bits per heavy atom. The molecule has 0 spiro atoms. The van der Waals surface area contributed by atoms with Crippen LogP contribution >= 0.6 is 11.3 Å². The lowest BCUT2D eigenvalue weighted by Crippen LogP contribution is -2.49. The van der Waals surface area contributed by atoms with Crippen LogP contribution in [0.5, 0.6) is 0 Å². The molecule has 122 valence electrons. The van der Waals surface area contributed by atoms with Gasteiger partial charge in [-0.05, 0) is 30.8 Å². The van der Waals surface area contributed by atoms with Crippen LogP contribution in [0, 0.1) is 0 Å². The molecule has 0 aromatic carbocycles. The van der Waals surface area contributed by atoms with E-state index in [1.165, 1.54) is 11.3 Å². The zero-order valence-electron chi connectivity index (χ0n) is 12.9. The second-order valence-electron chi connectivity index (χ2n) is 5.93. The molecule has 5 nitrogen and oxygen atoms in total. The van der Waals surface area contributed by atoms with Gasteiger partial charge < -0.3 is 15.4 Å². The normalized spacial score (nSPS) is 24.8. The molecule has 0 saturated carbocycles. The van der Waals surface area contributed by atoms with E-state index >= 15 is 0 Å². The molecular weight excluding hydrogens is 298 g/mol. The van der Waals surface area contributed by atoms with Crippen molar-refractivity contribution in [3.8, 4) is 0 Å².